The molecular weight excluding hydrogens is 276 g/mol. The summed E-state index contributed by atoms with van der Waals surface area (Å²) < 4.78 is 5.17. The Balaban J connectivity index is 2.18. The van der Waals surface area contributed by atoms with Crippen LogP contribution in [0, 0.1) is 0 Å². The van der Waals surface area contributed by atoms with Crippen molar-refractivity contribution in [3.63, 3.8) is 0 Å². The van der Waals surface area contributed by atoms with Gasteiger partial charge in [-0.15, -0.1) is 0 Å². The molecule has 0 unspecified atom stereocenters. The van der Waals surface area contributed by atoms with Crippen molar-refractivity contribution in [2.24, 2.45) is 5.73 Å². The summed E-state index contributed by atoms with van der Waals surface area (Å²) in [5, 5.41) is 9.76. The molecule has 2 rings (SSSR count). The number of hydrogen-bond acceptors (Lipinski definition) is 5. The number of phenolic OH excluding ortho intramolecular Hbond substituents is 1. The standard InChI is InChI=1S/C14H16N2O5/c1-8(17)10-3-2-9(6-11(10)18)14(20)16-4-5-21-12(7-16)13(15)19/h2-3,6,12,18H,4-5,7H2,1H3,(H2,15,19)/t12-/m0/s1. The van der Waals surface area contributed by atoms with Crippen molar-refractivity contribution in [1.29, 1.82) is 0 Å². The predicted octanol–water partition coefficient (Wildman–Crippen LogP) is -0.0789. The van der Waals surface area contributed by atoms with Crippen LogP contribution in [0.15, 0.2) is 18.2 Å². The molecule has 1 aliphatic heterocycles. The number of aromatic hydroxyl groups is 1. The summed E-state index contributed by atoms with van der Waals surface area (Å²) in [4.78, 5) is 36.1. The molecule has 0 saturated carbocycles. The number of ether oxygens (including phenoxy) is 1. The highest BCUT2D eigenvalue weighted by atomic mass is 16.5. The Morgan fingerprint density at radius 3 is 2.67 bits per heavy atom. The fourth-order valence-electron chi connectivity index (χ4n) is 2.15. The highest BCUT2D eigenvalue weighted by Gasteiger charge is 2.28. The Morgan fingerprint density at radius 2 is 2.10 bits per heavy atom. The Morgan fingerprint density at radius 1 is 1.38 bits per heavy atom. The fraction of sp³-hybridized carbons (Fsp3) is 0.357. The summed E-state index contributed by atoms with van der Waals surface area (Å²) in [5.74, 6) is -1.50. The highest BCUT2D eigenvalue weighted by molar-refractivity contribution is 6.00. The molecular formula is C14H16N2O5. The first-order chi connectivity index (χ1) is 9.90. The molecule has 7 heteroatoms. The van der Waals surface area contributed by atoms with E-state index in [1.54, 1.807) is 0 Å². The first kappa shape index (κ1) is 15.0. The van der Waals surface area contributed by atoms with E-state index in [-0.39, 0.29) is 41.7 Å². The molecule has 21 heavy (non-hydrogen) atoms. The molecule has 1 aromatic rings. The molecule has 1 heterocycles. The lowest BCUT2D eigenvalue weighted by molar-refractivity contribution is -0.133. The van der Waals surface area contributed by atoms with E-state index < -0.39 is 12.0 Å². The lowest BCUT2D eigenvalue weighted by Crippen LogP contribution is -2.50. The van der Waals surface area contributed by atoms with Crippen LogP contribution in [0.1, 0.15) is 27.6 Å². The molecule has 1 saturated heterocycles. The average Bonchev–Trinajstić information content (AvgIpc) is 2.46. The van der Waals surface area contributed by atoms with Gasteiger partial charge in [-0.3, -0.25) is 14.4 Å². The largest absolute Gasteiger partial charge is 0.507 e. The smallest absolute Gasteiger partial charge is 0.254 e. The van der Waals surface area contributed by atoms with Gasteiger partial charge in [0.2, 0.25) is 5.91 Å². The molecule has 7 nitrogen and oxygen atoms in total. The van der Waals surface area contributed by atoms with Crippen molar-refractivity contribution < 1.29 is 24.2 Å². The third-order valence-electron chi connectivity index (χ3n) is 3.29. The van der Waals surface area contributed by atoms with Gasteiger partial charge < -0.3 is 20.5 Å². The number of primary amides is 1. The number of benzene rings is 1. The molecule has 0 bridgehead atoms. The van der Waals surface area contributed by atoms with Crippen LogP contribution in [0.3, 0.4) is 0 Å². The number of ketones is 1. The number of phenols is 1. The third kappa shape index (κ3) is 3.19. The van der Waals surface area contributed by atoms with E-state index in [9.17, 15) is 19.5 Å². The van der Waals surface area contributed by atoms with Crippen molar-refractivity contribution in [2.45, 2.75) is 13.0 Å². The number of nitrogens with two attached hydrogens (primary N) is 1. The summed E-state index contributed by atoms with van der Waals surface area (Å²) >= 11 is 0. The molecule has 1 atom stereocenters. The summed E-state index contributed by atoms with van der Waals surface area (Å²) in [6, 6.07) is 4.11. The summed E-state index contributed by atoms with van der Waals surface area (Å²) in [6.07, 6.45) is -0.826. The molecule has 0 aliphatic carbocycles. The van der Waals surface area contributed by atoms with Crippen LogP contribution in [0.5, 0.6) is 5.75 Å². The van der Waals surface area contributed by atoms with Gasteiger partial charge in [-0.2, -0.15) is 0 Å². The Labute approximate surface area is 121 Å². The molecule has 1 aromatic carbocycles. The average molecular weight is 292 g/mol. The zero-order chi connectivity index (χ0) is 15.6. The van der Waals surface area contributed by atoms with Crippen molar-refractivity contribution in [3.8, 4) is 5.75 Å². The number of Topliss-reactive ketones (excluding diaryl/α,β-unsaturated/α-hetero) is 1. The normalized spacial score (nSPS) is 18.3. The lowest BCUT2D eigenvalue weighted by atomic mass is 10.1. The first-order valence-corrected chi connectivity index (χ1v) is 6.44. The van der Waals surface area contributed by atoms with Crippen LogP contribution in [-0.4, -0.2) is 53.4 Å². The Bertz CT molecular complexity index is 599. The number of carbonyl (C=O) groups is 3. The maximum atomic E-state index is 12.3. The van der Waals surface area contributed by atoms with Gasteiger partial charge in [0.1, 0.15) is 5.75 Å². The molecule has 1 aliphatic rings. The zero-order valence-electron chi connectivity index (χ0n) is 11.5. The van der Waals surface area contributed by atoms with Gasteiger partial charge in [-0.1, -0.05) is 0 Å². The molecule has 2 amide bonds. The van der Waals surface area contributed by atoms with Crippen molar-refractivity contribution in [2.75, 3.05) is 19.7 Å². The molecule has 0 spiro atoms. The topological polar surface area (TPSA) is 110 Å². The van der Waals surface area contributed by atoms with Gasteiger partial charge in [0.15, 0.2) is 11.9 Å². The lowest BCUT2D eigenvalue weighted by Gasteiger charge is -2.31. The number of carbonyl (C=O) groups excluding carboxylic acids is 3. The van der Waals surface area contributed by atoms with Crippen molar-refractivity contribution in [3.05, 3.63) is 29.3 Å². The van der Waals surface area contributed by atoms with Crippen LogP contribution in [0.25, 0.3) is 0 Å². The fourth-order valence-corrected chi connectivity index (χ4v) is 2.15. The molecule has 0 radical (unpaired) electrons. The number of rotatable bonds is 3. The van der Waals surface area contributed by atoms with Gasteiger partial charge in [-0.25, -0.2) is 0 Å². The van der Waals surface area contributed by atoms with Crippen LogP contribution in [0.2, 0.25) is 0 Å². The van der Waals surface area contributed by atoms with E-state index in [0.717, 1.165) is 0 Å². The zero-order valence-corrected chi connectivity index (χ0v) is 11.5. The minimum Gasteiger partial charge on any atom is -0.507 e. The maximum Gasteiger partial charge on any atom is 0.254 e. The van der Waals surface area contributed by atoms with Gasteiger partial charge in [0, 0.05) is 12.1 Å². The third-order valence-corrected chi connectivity index (χ3v) is 3.29. The first-order valence-electron chi connectivity index (χ1n) is 6.44. The van der Waals surface area contributed by atoms with Gasteiger partial charge in [-0.05, 0) is 25.1 Å². The van der Waals surface area contributed by atoms with Crippen LogP contribution in [0.4, 0.5) is 0 Å². The summed E-state index contributed by atoms with van der Waals surface area (Å²) in [7, 11) is 0. The molecule has 3 N–H and O–H groups in total. The van der Waals surface area contributed by atoms with E-state index in [0.29, 0.717) is 6.54 Å². The quantitative estimate of drug-likeness (QED) is 0.757. The summed E-state index contributed by atoms with van der Waals surface area (Å²) in [6.45, 7) is 1.95. The van der Waals surface area contributed by atoms with E-state index in [1.807, 2.05) is 0 Å². The Hall–Kier alpha value is -2.41. The van der Waals surface area contributed by atoms with Gasteiger partial charge in [0.05, 0.1) is 18.7 Å². The van der Waals surface area contributed by atoms with E-state index >= 15 is 0 Å². The number of hydrogen-bond donors (Lipinski definition) is 2. The maximum absolute atomic E-state index is 12.3. The minimum absolute atomic E-state index is 0.0728. The molecule has 0 aromatic heterocycles. The second-order valence-corrected chi connectivity index (χ2v) is 4.80. The van der Waals surface area contributed by atoms with Crippen LogP contribution in [-0.2, 0) is 9.53 Å². The summed E-state index contributed by atoms with van der Waals surface area (Å²) in [5.41, 5.74) is 5.56. The minimum atomic E-state index is -0.826. The van der Waals surface area contributed by atoms with Crippen LogP contribution < -0.4 is 5.73 Å². The van der Waals surface area contributed by atoms with Crippen molar-refractivity contribution in [1.82, 2.24) is 4.90 Å². The SMILES string of the molecule is CC(=O)c1ccc(C(=O)N2CCO[C@H](C(N)=O)C2)cc1O. The van der Waals surface area contributed by atoms with Gasteiger partial charge in [0.25, 0.3) is 5.91 Å². The number of morpholine rings is 1. The van der Waals surface area contributed by atoms with Crippen molar-refractivity contribution >= 4 is 17.6 Å². The number of amides is 2. The number of nitrogens with zero attached hydrogens (tertiary/aromatic N) is 1. The molecule has 1 fully saturated rings. The van der Waals surface area contributed by atoms with Gasteiger partial charge >= 0.3 is 0 Å². The predicted molar refractivity (Wildman–Crippen MR) is 72.9 cm³/mol. The molecule has 112 valence electrons. The monoisotopic (exact) mass is 292 g/mol. The van der Waals surface area contributed by atoms with E-state index in [2.05, 4.69) is 0 Å². The highest BCUT2D eigenvalue weighted by Crippen LogP contribution is 2.21. The van der Waals surface area contributed by atoms with E-state index in [1.165, 1.54) is 30.0 Å². The van der Waals surface area contributed by atoms with E-state index in [4.69, 9.17) is 10.5 Å². The van der Waals surface area contributed by atoms with Crippen LogP contribution >= 0.6 is 0 Å². The second-order valence-electron chi connectivity index (χ2n) is 4.80. The second kappa shape index (κ2) is 5.92. The Kier molecular flexibility index (Phi) is 4.23.